The van der Waals surface area contributed by atoms with Crippen molar-refractivity contribution in [3.63, 3.8) is 0 Å². The van der Waals surface area contributed by atoms with E-state index in [1.807, 2.05) is 28.9 Å². The van der Waals surface area contributed by atoms with Crippen LogP contribution in [-0.2, 0) is 16.1 Å². The average molecular weight is 338 g/mol. The van der Waals surface area contributed by atoms with Crippen LogP contribution < -0.4 is 0 Å². The molecule has 132 valence electrons. The van der Waals surface area contributed by atoms with Crippen molar-refractivity contribution in [1.29, 1.82) is 0 Å². The summed E-state index contributed by atoms with van der Waals surface area (Å²) in [5.74, 6) is 2.59. The van der Waals surface area contributed by atoms with Gasteiger partial charge in [-0.05, 0) is 80.2 Å². The number of aromatic nitrogens is 2. The number of esters is 1. The van der Waals surface area contributed by atoms with Gasteiger partial charge in [-0.3, -0.25) is 4.79 Å². The third kappa shape index (κ3) is 2.86. The van der Waals surface area contributed by atoms with Crippen LogP contribution >= 0.6 is 0 Å². The van der Waals surface area contributed by atoms with Gasteiger partial charge in [-0.15, -0.1) is 0 Å². The van der Waals surface area contributed by atoms with E-state index < -0.39 is 0 Å². The lowest BCUT2D eigenvalue weighted by Gasteiger charge is -2.56. The topological polar surface area (TPSA) is 43.6 Å². The van der Waals surface area contributed by atoms with Crippen molar-refractivity contribution in [2.75, 3.05) is 0 Å². The van der Waals surface area contributed by atoms with E-state index in [0.717, 1.165) is 29.1 Å². The van der Waals surface area contributed by atoms with Gasteiger partial charge in [0.05, 0.1) is 12.1 Å². The van der Waals surface area contributed by atoms with Gasteiger partial charge in [-0.25, -0.2) is 4.98 Å². The summed E-state index contributed by atoms with van der Waals surface area (Å²) in [6.07, 6.45) is 12.6. The summed E-state index contributed by atoms with van der Waals surface area (Å²) in [6, 6.07) is 4.04. The minimum Gasteiger partial charge on any atom is -0.459 e. The van der Waals surface area contributed by atoms with Crippen LogP contribution in [-0.4, -0.2) is 15.4 Å². The number of ether oxygens (including phenoxy) is 1. The number of carbonyl (C=O) groups is 1. The second-order valence-corrected chi connectivity index (χ2v) is 8.96. The number of rotatable bonds is 4. The van der Waals surface area contributed by atoms with Crippen molar-refractivity contribution in [3.8, 4) is 0 Å². The van der Waals surface area contributed by atoms with Crippen LogP contribution in [0.3, 0.4) is 0 Å². The minimum absolute atomic E-state index is 0.0322. The summed E-state index contributed by atoms with van der Waals surface area (Å²) in [4.78, 5) is 17.1. The zero-order valence-corrected chi connectivity index (χ0v) is 14.9. The fourth-order valence-electron chi connectivity index (χ4n) is 6.24. The van der Waals surface area contributed by atoms with Gasteiger partial charge < -0.3 is 9.14 Å². The Bertz CT molecular complexity index is 787. The number of hydrogen-bond acceptors (Lipinski definition) is 3. The maximum atomic E-state index is 12.5. The van der Waals surface area contributed by atoms with E-state index in [4.69, 9.17) is 4.74 Å². The fourth-order valence-corrected chi connectivity index (χ4v) is 6.24. The molecule has 2 aromatic rings. The van der Waals surface area contributed by atoms with Crippen LogP contribution in [0.4, 0.5) is 0 Å². The summed E-state index contributed by atoms with van der Waals surface area (Å²) in [7, 11) is 0. The largest absolute Gasteiger partial charge is 0.459 e. The Hall–Kier alpha value is -1.84. The molecule has 2 heterocycles. The highest BCUT2D eigenvalue weighted by Crippen LogP contribution is 2.61. The first kappa shape index (κ1) is 15.4. The van der Waals surface area contributed by atoms with Gasteiger partial charge in [-0.2, -0.15) is 0 Å². The van der Waals surface area contributed by atoms with Gasteiger partial charge >= 0.3 is 5.97 Å². The number of fused-ring (bicyclic) bond motifs is 1. The molecule has 0 saturated heterocycles. The van der Waals surface area contributed by atoms with E-state index in [2.05, 4.69) is 11.9 Å². The smallest absolute Gasteiger partial charge is 0.306 e. The molecular formula is C21H26N2O2. The summed E-state index contributed by atoms with van der Waals surface area (Å²) >= 11 is 0. The number of carbonyl (C=O) groups excluding carboxylic acids is 1. The highest BCUT2D eigenvalue weighted by Gasteiger charge is 2.51. The number of imidazole rings is 1. The van der Waals surface area contributed by atoms with Crippen LogP contribution in [0.1, 0.15) is 56.2 Å². The van der Waals surface area contributed by atoms with Gasteiger partial charge in [0.15, 0.2) is 0 Å². The van der Waals surface area contributed by atoms with Gasteiger partial charge in [0.2, 0.25) is 0 Å². The molecule has 4 saturated carbocycles. The van der Waals surface area contributed by atoms with E-state index >= 15 is 0 Å². The molecule has 4 nitrogen and oxygen atoms in total. The molecule has 0 unspecified atom stereocenters. The highest BCUT2D eigenvalue weighted by molar-refractivity contribution is 5.70. The third-order valence-electron chi connectivity index (χ3n) is 6.71. The minimum atomic E-state index is -0.0322. The summed E-state index contributed by atoms with van der Waals surface area (Å²) in [5.41, 5.74) is 3.17. The molecule has 4 aliphatic carbocycles. The summed E-state index contributed by atoms with van der Waals surface area (Å²) in [5, 5.41) is 0. The molecule has 0 amide bonds. The highest BCUT2D eigenvalue weighted by atomic mass is 16.5. The first-order valence-electron chi connectivity index (χ1n) is 9.67. The second kappa shape index (κ2) is 5.58. The van der Waals surface area contributed by atoms with Crippen LogP contribution in [0.15, 0.2) is 24.5 Å². The lowest BCUT2D eigenvalue weighted by atomic mass is 9.49. The van der Waals surface area contributed by atoms with Gasteiger partial charge in [0.25, 0.3) is 0 Å². The summed E-state index contributed by atoms with van der Waals surface area (Å²) in [6.45, 7) is 2.34. The quantitative estimate of drug-likeness (QED) is 0.781. The number of pyridine rings is 1. The fraction of sp³-hybridized carbons (Fsp3) is 0.619. The monoisotopic (exact) mass is 338 g/mol. The van der Waals surface area contributed by atoms with E-state index in [1.54, 1.807) is 0 Å². The van der Waals surface area contributed by atoms with Crippen LogP contribution in [0.25, 0.3) is 5.65 Å². The Morgan fingerprint density at radius 3 is 2.52 bits per heavy atom. The molecule has 2 aromatic heterocycles. The maximum absolute atomic E-state index is 12.5. The maximum Gasteiger partial charge on any atom is 0.306 e. The lowest BCUT2D eigenvalue weighted by Crippen LogP contribution is -2.47. The van der Waals surface area contributed by atoms with Crippen molar-refractivity contribution in [1.82, 2.24) is 9.38 Å². The van der Waals surface area contributed by atoms with E-state index in [1.165, 1.54) is 44.1 Å². The molecule has 0 spiro atoms. The molecule has 4 bridgehead atoms. The SMILES string of the molecule is Cc1ccc2nc(COC(=O)CC34CC5CC(CC(C5)C3)C4)cn2c1. The van der Waals surface area contributed by atoms with E-state index in [0.29, 0.717) is 6.42 Å². The first-order chi connectivity index (χ1) is 12.1. The van der Waals surface area contributed by atoms with Gasteiger partial charge in [0.1, 0.15) is 12.3 Å². The molecule has 0 radical (unpaired) electrons. The lowest BCUT2D eigenvalue weighted by molar-refractivity contribution is -0.153. The number of aryl methyl sites for hydroxylation is 1. The van der Waals surface area contributed by atoms with E-state index in [-0.39, 0.29) is 18.0 Å². The Balaban J connectivity index is 1.23. The average Bonchev–Trinajstić information content (AvgIpc) is 2.93. The first-order valence-corrected chi connectivity index (χ1v) is 9.67. The Labute approximate surface area is 148 Å². The van der Waals surface area contributed by atoms with Crippen molar-refractivity contribution >= 4 is 11.6 Å². The molecule has 6 rings (SSSR count). The third-order valence-corrected chi connectivity index (χ3v) is 6.71. The van der Waals surface area contributed by atoms with Crippen molar-refractivity contribution in [2.45, 2.75) is 58.5 Å². The Morgan fingerprint density at radius 2 is 1.84 bits per heavy atom. The predicted octanol–water partition coefficient (Wildman–Crippen LogP) is 4.29. The molecule has 0 N–H and O–H groups in total. The molecule has 4 aliphatic rings. The Kier molecular flexibility index (Phi) is 3.44. The van der Waals surface area contributed by atoms with Gasteiger partial charge in [0, 0.05) is 12.4 Å². The molecule has 4 heteroatoms. The van der Waals surface area contributed by atoms with E-state index in [9.17, 15) is 4.79 Å². The molecule has 0 aromatic carbocycles. The summed E-state index contributed by atoms with van der Waals surface area (Å²) < 4.78 is 7.61. The standard InChI is InChI=1S/C21H26N2O2/c1-14-2-3-19-22-18(12-23(19)11-14)13-25-20(24)10-21-7-15-4-16(8-21)6-17(5-15)9-21/h2-3,11-12,15-17H,4-10,13H2,1H3. The van der Waals surface area contributed by atoms with Crippen LogP contribution in [0, 0.1) is 30.1 Å². The van der Waals surface area contributed by atoms with Crippen molar-refractivity contribution < 1.29 is 9.53 Å². The second-order valence-electron chi connectivity index (χ2n) is 8.96. The predicted molar refractivity (Wildman–Crippen MR) is 94.9 cm³/mol. The van der Waals surface area contributed by atoms with Crippen LogP contribution in [0.5, 0.6) is 0 Å². The Morgan fingerprint density at radius 1 is 1.16 bits per heavy atom. The molecule has 0 atom stereocenters. The normalized spacial score (nSPS) is 33.1. The number of hydrogen-bond donors (Lipinski definition) is 0. The number of nitrogens with zero attached hydrogens (tertiary/aromatic N) is 2. The molecular weight excluding hydrogens is 312 g/mol. The zero-order chi connectivity index (χ0) is 17.0. The van der Waals surface area contributed by atoms with Crippen LogP contribution in [0.2, 0.25) is 0 Å². The van der Waals surface area contributed by atoms with Gasteiger partial charge in [-0.1, -0.05) is 6.07 Å². The molecule has 25 heavy (non-hydrogen) atoms. The van der Waals surface area contributed by atoms with Crippen molar-refractivity contribution in [2.24, 2.45) is 23.2 Å². The van der Waals surface area contributed by atoms with Crippen molar-refractivity contribution in [3.05, 3.63) is 35.8 Å². The molecule has 4 fully saturated rings. The zero-order valence-electron chi connectivity index (χ0n) is 14.9. The molecule has 0 aliphatic heterocycles.